The van der Waals surface area contributed by atoms with Crippen LogP contribution in [0.1, 0.15) is 51.0 Å². The molecule has 96 valence electrons. The summed E-state index contributed by atoms with van der Waals surface area (Å²) in [4.78, 5) is 0. The van der Waals surface area contributed by atoms with Crippen molar-refractivity contribution in [2.24, 2.45) is 0 Å². The molecule has 0 aliphatic rings. The molecule has 0 aromatic heterocycles. The SMILES string of the molecule is CCCCCCCCOCc1ccc(I)cc1. The van der Waals surface area contributed by atoms with Gasteiger partial charge < -0.3 is 4.74 Å². The van der Waals surface area contributed by atoms with Crippen molar-refractivity contribution < 1.29 is 4.74 Å². The smallest absolute Gasteiger partial charge is 0.0716 e. The number of benzene rings is 1. The lowest BCUT2D eigenvalue weighted by molar-refractivity contribution is 0.116. The van der Waals surface area contributed by atoms with Gasteiger partial charge in [0.05, 0.1) is 6.61 Å². The van der Waals surface area contributed by atoms with Crippen molar-refractivity contribution in [2.75, 3.05) is 6.61 Å². The molecule has 0 atom stereocenters. The van der Waals surface area contributed by atoms with E-state index < -0.39 is 0 Å². The summed E-state index contributed by atoms with van der Waals surface area (Å²) in [7, 11) is 0. The summed E-state index contributed by atoms with van der Waals surface area (Å²) in [5, 5.41) is 0. The lowest BCUT2D eigenvalue weighted by Gasteiger charge is -2.04. The average Bonchev–Trinajstić information content (AvgIpc) is 2.35. The fraction of sp³-hybridized carbons (Fsp3) is 0.600. The van der Waals surface area contributed by atoms with Gasteiger partial charge in [-0.05, 0) is 46.7 Å². The highest BCUT2D eigenvalue weighted by Crippen LogP contribution is 2.09. The van der Waals surface area contributed by atoms with E-state index in [9.17, 15) is 0 Å². The molecule has 0 radical (unpaired) electrons. The van der Waals surface area contributed by atoms with Gasteiger partial charge in [-0.1, -0.05) is 51.2 Å². The van der Waals surface area contributed by atoms with E-state index in [0.29, 0.717) is 0 Å². The van der Waals surface area contributed by atoms with Gasteiger partial charge in [0.1, 0.15) is 0 Å². The quantitative estimate of drug-likeness (QED) is 0.443. The molecule has 0 saturated carbocycles. The van der Waals surface area contributed by atoms with Crippen LogP contribution < -0.4 is 0 Å². The molecule has 0 saturated heterocycles. The van der Waals surface area contributed by atoms with Crippen LogP contribution in [0.2, 0.25) is 0 Å². The Labute approximate surface area is 119 Å². The van der Waals surface area contributed by atoms with Gasteiger partial charge in [0.15, 0.2) is 0 Å². The Morgan fingerprint density at radius 2 is 1.59 bits per heavy atom. The summed E-state index contributed by atoms with van der Waals surface area (Å²) >= 11 is 2.32. The number of unbranched alkanes of at least 4 members (excludes halogenated alkanes) is 5. The zero-order chi connectivity index (χ0) is 12.3. The van der Waals surface area contributed by atoms with Crippen LogP contribution in [0.5, 0.6) is 0 Å². The largest absolute Gasteiger partial charge is 0.377 e. The third-order valence-electron chi connectivity index (χ3n) is 2.82. The third-order valence-corrected chi connectivity index (χ3v) is 3.54. The Kier molecular flexibility index (Phi) is 8.71. The minimum Gasteiger partial charge on any atom is -0.377 e. The average molecular weight is 346 g/mol. The molecule has 0 aliphatic carbocycles. The van der Waals surface area contributed by atoms with Crippen molar-refractivity contribution in [3.63, 3.8) is 0 Å². The molecule has 0 N–H and O–H groups in total. The maximum absolute atomic E-state index is 5.66. The zero-order valence-electron chi connectivity index (χ0n) is 10.8. The number of hydrogen-bond donors (Lipinski definition) is 0. The maximum atomic E-state index is 5.66. The highest BCUT2D eigenvalue weighted by Gasteiger charge is 1.94. The Morgan fingerprint density at radius 1 is 0.941 bits per heavy atom. The van der Waals surface area contributed by atoms with E-state index in [1.54, 1.807) is 0 Å². The van der Waals surface area contributed by atoms with E-state index in [2.05, 4.69) is 53.8 Å². The normalized spacial score (nSPS) is 10.7. The van der Waals surface area contributed by atoms with E-state index in [0.717, 1.165) is 13.2 Å². The van der Waals surface area contributed by atoms with Gasteiger partial charge in [0.25, 0.3) is 0 Å². The van der Waals surface area contributed by atoms with Gasteiger partial charge in [-0.2, -0.15) is 0 Å². The Hall–Kier alpha value is -0.0900. The highest BCUT2D eigenvalue weighted by molar-refractivity contribution is 14.1. The van der Waals surface area contributed by atoms with Crippen molar-refractivity contribution in [1.82, 2.24) is 0 Å². The van der Waals surface area contributed by atoms with Gasteiger partial charge >= 0.3 is 0 Å². The van der Waals surface area contributed by atoms with Crippen molar-refractivity contribution in [3.05, 3.63) is 33.4 Å². The number of ether oxygens (including phenoxy) is 1. The maximum Gasteiger partial charge on any atom is 0.0716 e. The van der Waals surface area contributed by atoms with Gasteiger partial charge in [-0.15, -0.1) is 0 Å². The fourth-order valence-electron chi connectivity index (χ4n) is 1.76. The Morgan fingerprint density at radius 3 is 2.29 bits per heavy atom. The first-order valence-corrected chi connectivity index (χ1v) is 7.73. The Bertz CT molecular complexity index is 281. The second kappa shape index (κ2) is 9.89. The molecule has 1 aromatic rings. The lowest BCUT2D eigenvalue weighted by Crippen LogP contribution is -1.95. The zero-order valence-corrected chi connectivity index (χ0v) is 12.9. The van der Waals surface area contributed by atoms with Crippen LogP contribution in [0, 0.1) is 3.57 Å². The summed E-state index contributed by atoms with van der Waals surface area (Å²) in [5.74, 6) is 0. The van der Waals surface area contributed by atoms with Gasteiger partial charge in [0.2, 0.25) is 0 Å². The first-order chi connectivity index (χ1) is 8.33. The van der Waals surface area contributed by atoms with E-state index >= 15 is 0 Å². The van der Waals surface area contributed by atoms with Crippen LogP contribution >= 0.6 is 22.6 Å². The van der Waals surface area contributed by atoms with Gasteiger partial charge in [-0.3, -0.25) is 0 Å². The second-order valence-corrected chi connectivity index (χ2v) is 5.69. The molecular weight excluding hydrogens is 323 g/mol. The molecule has 0 aliphatic heterocycles. The summed E-state index contributed by atoms with van der Waals surface area (Å²) in [6.07, 6.45) is 7.96. The van der Waals surface area contributed by atoms with Crippen LogP contribution in [-0.2, 0) is 11.3 Å². The summed E-state index contributed by atoms with van der Waals surface area (Å²) in [6.45, 7) is 3.91. The minimum atomic E-state index is 0.756. The van der Waals surface area contributed by atoms with E-state index in [4.69, 9.17) is 4.74 Å². The molecule has 0 bridgehead atoms. The molecule has 0 amide bonds. The molecule has 2 heteroatoms. The van der Waals surface area contributed by atoms with Crippen molar-refractivity contribution in [1.29, 1.82) is 0 Å². The van der Waals surface area contributed by atoms with Crippen molar-refractivity contribution in [2.45, 2.75) is 52.1 Å². The number of rotatable bonds is 9. The molecule has 1 rings (SSSR count). The van der Waals surface area contributed by atoms with Crippen molar-refractivity contribution >= 4 is 22.6 Å². The topological polar surface area (TPSA) is 9.23 Å². The monoisotopic (exact) mass is 346 g/mol. The highest BCUT2D eigenvalue weighted by atomic mass is 127. The molecule has 0 fully saturated rings. The molecule has 0 heterocycles. The van der Waals surface area contributed by atoms with Crippen LogP contribution in [0.4, 0.5) is 0 Å². The van der Waals surface area contributed by atoms with Gasteiger partial charge in [-0.25, -0.2) is 0 Å². The number of hydrogen-bond acceptors (Lipinski definition) is 1. The van der Waals surface area contributed by atoms with Crippen LogP contribution in [0.25, 0.3) is 0 Å². The minimum absolute atomic E-state index is 0.756. The van der Waals surface area contributed by atoms with E-state index in [-0.39, 0.29) is 0 Å². The van der Waals surface area contributed by atoms with E-state index in [1.165, 1.54) is 47.7 Å². The first kappa shape index (κ1) is 15.0. The summed E-state index contributed by atoms with van der Waals surface area (Å²) < 4.78 is 6.94. The molecule has 17 heavy (non-hydrogen) atoms. The standard InChI is InChI=1S/C15H23IO/c1-2-3-4-5-6-7-12-17-13-14-8-10-15(16)11-9-14/h8-11H,2-7,12-13H2,1H3. The number of halogens is 1. The third kappa shape index (κ3) is 7.77. The summed E-state index contributed by atoms with van der Waals surface area (Å²) in [6, 6.07) is 8.54. The predicted molar refractivity (Wildman–Crippen MR) is 82.2 cm³/mol. The molecule has 1 nitrogen and oxygen atoms in total. The Balaban J connectivity index is 1.95. The molecule has 1 aromatic carbocycles. The lowest BCUT2D eigenvalue weighted by atomic mass is 10.1. The molecular formula is C15H23IO. The summed E-state index contributed by atoms with van der Waals surface area (Å²) in [5.41, 5.74) is 1.27. The van der Waals surface area contributed by atoms with Crippen LogP contribution in [-0.4, -0.2) is 6.61 Å². The van der Waals surface area contributed by atoms with Crippen molar-refractivity contribution in [3.8, 4) is 0 Å². The fourth-order valence-corrected chi connectivity index (χ4v) is 2.11. The molecule has 0 spiro atoms. The van der Waals surface area contributed by atoms with Crippen LogP contribution in [0.15, 0.2) is 24.3 Å². The molecule has 0 unspecified atom stereocenters. The van der Waals surface area contributed by atoms with Crippen LogP contribution in [0.3, 0.4) is 0 Å². The van der Waals surface area contributed by atoms with E-state index in [1.807, 2.05) is 0 Å². The first-order valence-electron chi connectivity index (χ1n) is 6.65. The second-order valence-electron chi connectivity index (χ2n) is 4.45. The van der Waals surface area contributed by atoms with Gasteiger partial charge in [0, 0.05) is 10.2 Å². The predicted octanol–water partition coefficient (Wildman–Crippen LogP) is 5.17.